The molecule has 0 aromatic carbocycles. The van der Waals surface area contributed by atoms with Crippen molar-refractivity contribution in [1.29, 1.82) is 0 Å². The summed E-state index contributed by atoms with van der Waals surface area (Å²) in [6, 6.07) is 0.919. The van der Waals surface area contributed by atoms with Gasteiger partial charge in [-0.3, -0.25) is 9.69 Å². The maximum absolute atomic E-state index is 11.9. The largest absolute Gasteiger partial charge is 0.357 e. The Morgan fingerprint density at radius 1 is 1.30 bits per heavy atom. The highest BCUT2D eigenvalue weighted by Crippen LogP contribution is 2.18. The summed E-state index contributed by atoms with van der Waals surface area (Å²) in [7, 11) is 0. The molecule has 0 aromatic heterocycles. The van der Waals surface area contributed by atoms with Gasteiger partial charge in [-0.2, -0.15) is 0 Å². The van der Waals surface area contributed by atoms with Crippen LogP contribution in [0.3, 0.4) is 0 Å². The Hall–Kier alpha value is -1.30. The van der Waals surface area contributed by atoms with Crippen molar-refractivity contribution < 1.29 is 4.79 Å². The second-order valence-electron chi connectivity index (χ2n) is 7.77. The van der Waals surface area contributed by atoms with Gasteiger partial charge in [0.1, 0.15) is 6.54 Å². The van der Waals surface area contributed by atoms with Gasteiger partial charge < -0.3 is 16.0 Å². The Labute approximate surface area is 141 Å². The number of carbonyl (C=O) groups is 1. The van der Waals surface area contributed by atoms with Gasteiger partial charge >= 0.3 is 0 Å². The molecule has 1 heterocycles. The van der Waals surface area contributed by atoms with Crippen LogP contribution in [0.15, 0.2) is 4.99 Å². The van der Waals surface area contributed by atoms with Crippen molar-refractivity contribution in [2.75, 3.05) is 26.2 Å². The van der Waals surface area contributed by atoms with Crippen LogP contribution in [0.25, 0.3) is 0 Å². The third kappa shape index (κ3) is 7.20. The van der Waals surface area contributed by atoms with Crippen LogP contribution in [0, 0.1) is 5.92 Å². The van der Waals surface area contributed by atoms with Crippen molar-refractivity contribution in [2.45, 2.75) is 66.1 Å². The molecule has 1 aliphatic rings. The van der Waals surface area contributed by atoms with Gasteiger partial charge in [0.2, 0.25) is 5.91 Å². The lowest BCUT2D eigenvalue weighted by Crippen LogP contribution is -2.47. The van der Waals surface area contributed by atoms with E-state index in [0.717, 1.165) is 25.6 Å². The quantitative estimate of drug-likeness (QED) is 0.524. The van der Waals surface area contributed by atoms with Crippen molar-refractivity contribution in [3.05, 3.63) is 0 Å². The standard InChI is InChI=1S/C17H35N5O/c1-8-18-16(19-9-15(23)21-17(5,6)7)20-14-11-22(12(2)3)10-13(14)4/h12-14H,8-11H2,1-7H3,(H,21,23)(H2,18,19,20). The van der Waals surface area contributed by atoms with Crippen LogP contribution >= 0.6 is 0 Å². The molecule has 0 radical (unpaired) electrons. The van der Waals surface area contributed by atoms with Crippen molar-refractivity contribution in [3.63, 3.8) is 0 Å². The van der Waals surface area contributed by atoms with Gasteiger partial charge in [-0.1, -0.05) is 6.92 Å². The van der Waals surface area contributed by atoms with Crippen LogP contribution in [-0.4, -0.2) is 60.6 Å². The van der Waals surface area contributed by atoms with E-state index in [9.17, 15) is 4.79 Å². The SMILES string of the molecule is CCNC(=NCC(=O)NC(C)(C)C)NC1CN(C(C)C)CC1C. The highest BCUT2D eigenvalue weighted by Gasteiger charge is 2.31. The fourth-order valence-corrected chi connectivity index (χ4v) is 2.72. The summed E-state index contributed by atoms with van der Waals surface area (Å²) in [5.41, 5.74) is -0.226. The van der Waals surface area contributed by atoms with Crippen molar-refractivity contribution in [3.8, 4) is 0 Å². The Kier molecular flexibility index (Phi) is 7.32. The first-order valence-corrected chi connectivity index (χ1v) is 8.72. The van der Waals surface area contributed by atoms with E-state index in [1.54, 1.807) is 0 Å². The first-order valence-electron chi connectivity index (χ1n) is 8.72. The first kappa shape index (κ1) is 19.7. The number of nitrogens with zero attached hydrogens (tertiary/aromatic N) is 2. The van der Waals surface area contributed by atoms with Crippen LogP contribution in [0.1, 0.15) is 48.5 Å². The average molecular weight is 326 g/mol. The molecule has 1 amide bonds. The Balaban J connectivity index is 2.61. The molecule has 6 heteroatoms. The van der Waals surface area contributed by atoms with Gasteiger partial charge in [-0.25, -0.2) is 4.99 Å². The molecule has 0 saturated carbocycles. The molecule has 1 rings (SSSR count). The summed E-state index contributed by atoms with van der Waals surface area (Å²) in [6.45, 7) is 17.7. The van der Waals surface area contributed by atoms with E-state index in [4.69, 9.17) is 0 Å². The van der Waals surface area contributed by atoms with E-state index < -0.39 is 0 Å². The summed E-state index contributed by atoms with van der Waals surface area (Å²) in [4.78, 5) is 18.8. The second kappa shape index (κ2) is 8.52. The maximum atomic E-state index is 11.9. The molecular formula is C17H35N5O. The van der Waals surface area contributed by atoms with E-state index in [2.05, 4.69) is 46.6 Å². The van der Waals surface area contributed by atoms with Crippen LogP contribution in [0.4, 0.5) is 0 Å². The lowest BCUT2D eigenvalue weighted by molar-refractivity contribution is -0.121. The summed E-state index contributed by atoms with van der Waals surface area (Å²) >= 11 is 0. The van der Waals surface area contributed by atoms with Gasteiger partial charge in [-0.15, -0.1) is 0 Å². The summed E-state index contributed by atoms with van der Waals surface area (Å²) in [5, 5.41) is 9.65. The van der Waals surface area contributed by atoms with Gasteiger partial charge in [0, 0.05) is 37.3 Å². The Bertz CT molecular complexity index is 414. The topological polar surface area (TPSA) is 68.8 Å². The maximum Gasteiger partial charge on any atom is 0.242 e. The van der Waals surface area contributed by atoms with Gasteiger partial charge in [0.05, 0.1) is 0 Å². The highest BCUT2D eigenvalue weighted by molar-refractivity contribution is 5.85. The fraction of sp³-hybridized carbons (Fsp3) is 0.882. The lowest BCUT2D eigenvalue weighted by atomic mass is 10.1. The minimum Gasteiger partial charge on any atom is -0.357 e. The number of nitrogens with one attached hydrogen (secondary N) is 3. The third-order valence-corrected chi connectivity index (χ3v) is 3.93. The van der Waals surface area contributed by atoms with E-state index in [1.165, 1.54) is 0 Å². The monoisotopic (exact) mass is 325 g/mol. The molecule has 6 nitrogen and oxygen atoms in total. The predicted molar refractivity (Wildman–Crippen MR) is 96.7 cm³/mol. The number of rotatable bonds is 5. The molecule has 2 atom stereocenters. The Morgan fingerprint density at radius 3 is 2.43 bits per heavy atom. The highest BCUT2D eigenvalue weighted by atomic mass is 16.2. The number of aliphatic imine (C=N–C) groups is 1. The van der Waals surface area contributed by atoms with Gasteiger partial charge in [0.15, 0.2) is 5.96 Å². The minimum absolute atomic E-state index is 0.0574. The summed E-state index contributed by atoms with van der Waals surface area (Å²) in [6.07, 6.45) is 0. The average Bonchev–Trinajstić information content (AvgIpc) is 2.76. The molecule has 0 aromatic rings. The molecule has 23 heavy (non-hydrogen) atoms. The zero-order valence-electron chi connectivity index (χ0n) is 15.9. The molecule has 1 aliphatic heterocycles. The van der Waals surface area contributed by atoms with Crippen molar-refractivity contribution >= 4 is 11.9 Å². The van der Waals surface area contributed by atoms with E-state index in [0.29, 0.717) is 18.0 Å². The number of carbonyl (C=O) groups excluding carboxylic acids is 1. The summed E-state index contributed by atoms with van der Waals surface area (Å²) in [5.74, 6) is 1.22. The van der Waals surface area contributed by atoms with Gasteiger partial charge in [0.25, 0.3) is 0 Å². The van der Waals surface area contributed by atoms with Crippen molar-refractivity contribution in [2.24, 2.45) is 10.9 Å². The van der Waals surface area contributed by atoms with E-state index in [1.807, 2.05) is 27.7 Å². The van der Waals surface area contributed by atoms with Crippen molar-refractivity contribution in [1.82, 2.24) is 20.9 Å². The predicted octanol–water partition coefficient (Wildman–Crippen LogP) is 1.18. The molecule has 1 fully saturated rings. The number of amides is 1. The first-order chi connectivity index (χ1) is 10.6. The molecule has 0 spiro atoms. The molecule has 3 N–H and O–H groups in total. The zero-order chi connectivity index (χ0) is 17.6. The third-order valence-electron chi connectivity index (χ3n) is 3.93. The number of hydrogen-bond donors (Lipinski definition) is 3. The molecule has 1 saturated heterocycles. The molecule has 134 valence electrons. The molecule has 2 unspecified atom stereocenters. The van der Waals surface area contributed by atoms with Crippen LogP contribution in [0.5, 0.6) is 0 Å². The van der Waals surface area contributed by atoms with E-state index >= 15 is 0 Å². The minimum atomic E-state index is -0.226. The molecule has 0 aliphatic carbocycles. The fourth-order valence-electron chi connectivity index (χ4n) is 2.72. The van der Waals surface area contributed by atoms with Crippen LogP contribution < -0.4 is 16.0 Å². The molecular weight excluding hydrogens is 290 g/mol. The normalized spacial score (nSPS) is 23.2. The second-order valence-corrected chi connectivity index (χ2v) is 7.77. The number of likely N-dealkylation sites (tertiary alicyclic amines) is 1. The lowest BCUT2D eigenvalue weighted by Gasteiger charge is -2.22. The number of guanidine groups is 1. The van der Waals surface area contributed by atoms with E-state index in [-0.39, 0.29) is 18.0 Å². The number of hydrogen-bond acceptors (Lipinski definition) is 3. The van der Waals surface area contributed by atoms with Crippen LogP contribution in [-0.2, 0) is 4.79 Å². The van der Waals surface area contributed by atoms with Crippen LogP contribution in [0.2, 0.25) is 0 Å². The molecule has 0 bridgehead atoms. The zero-order valence-corrected chi connectivity index (χ0v) is 15.9. The smallest absolute Gasteiger partial charge is 0.242 e. The Morgan fingerprint density at radius 2 is 1.96 bits per heavy atom. The van der Waals surface area contributed by atoms with Gasteiger partial charge in [-0.05, 0) is 47.5 Å². The summed E-state index contributed by atoms with van der Waals surface area (Å²) < 4.78 is 0.